The van der Waals surface area contributed by atoms with Gasteiger partial charge in [-0.1, -0.05) is 31.2 Å². The first-order valence-electron chi connectivity index (χ1n) is 14.2. The zero-order chi connectivity index (χ0) is 35.5. The third-order valence-corrected chi connectivity index (χ3v) is 10.8. The number of aromatic carboxylic acids is 1. The van der Waals surface area contributed by atoms with Crippen LogP contribution in [0.4, 0.5) is 22.0 Å². The minimum atomic E-state index is -5.03. The van der Waals surface area contributed by atoms with Crippen molar-refractivity contribution in [2.75, 3.05) is 6.54 Å². The van der Waals surface area contributed by atoms with Gasteiger partial charge in [-0.2, -0.15) is 4.31 Å². The van der Waals surface area contributed by atoms with Crippen LogP contribution in [0.3, 0.4) is 0 Å². The van der Waals surface area contributed by atoms with Gasteiger partial charge in [0.2, 0.25) is 26.0 Å². The van der Waals surface area contributed by atoms with Gasteiger partial charge in [0, 0.05) is 43.5 Å². The molecule has 0 unspecified atom stereocenters. The Morgan fingerprint density at radius 2 is 1.62 bits per heavy atom. The number of pyridine rings is 1. The van der Waals surface area contributed by atoms with E-state index in [9.17, 15) is 53.5 Å². The van der Waals surface area contributed by atoms with Crippen molar-refractivity contribution < 1.29 is 58.2 Å². The molecule has 2 aromatic carbocycles. The number of sulfonamides is 2. The van der Waals surface area contributed by atoms with E-state index >= 15 is 0 Å². The lowest BCUT2D eigenvalue weighted by Crippen LogP contribution is -2.57. The number of ether oxygens (including phenoxy) is 1. The number of hydrogen-bond acceptors (Lipinski definition) is 8. The van der Waals surface area contributed by atoms with E-state index in [1.165, 1.54) is 31.2 Å². The van der Waals surface area contributed by atoms with Crippen LogP contribution in [0.2, 0.25) is 0 Å². The van der Waals surface area contributed by atoms with Gasteiger partial charge in [-0.15, -0.1) is 13.2 Å². The van der Waals surface area contributed by atoms with E-state index < -0.39 is 96.8 Å². The fraction of sp³-hybridized carbons (Fsp3) is 0.345. The van der Waals surface area contributed by atoms with Crippen molar-refractivity contribution >= 4 is 31.9 Å². The summed E-state index contributed by atoms with van der Waals surface area (Å²) in [5.41, 5.74) is -0.253. The molecule has 1 fully saturated rings. The van der Waals surface area contributed by atoms with Crippen molar-refractivity contribution in [3.8, 4) is 5.75 Å². The summed E-state index contributed by atoms with van der Waals surface area (Å²) in [7, 11) is -8.97. The average molecular weight is 721 g/mol. The van der Waals surface area contributed by atoms with Crippen molar-refractivity contribution in [2.45, 2.75) is 66.9 Å². The molecule has 0 saturated carbocycles. The maximum Gasteiger partial charge on any atom is 0.573 e. The van der Waals surface area contributed by atoms with E-state index in [0.717, 1.165) is 47.0 Å². The van der Waals surface area contributed by atoms with E-state index in [2.05, 4.69) is 19.8 Å². The topological polar surface area (TPSA) is 172 Å². The molecule has 0 radical (unpaired) electrons. The molecule has 2 heterocycles. The number of carboxylic acids is 1. The van der Waals surface area contributed by atoms with Gasteiger partial charge in [-0.05, 0) is 48.7 Å². The molecule has 260 valence electrons. The number of rotatable bonds is 12. The highest BCUT2D eigenvalue weighted by Gasteiger charge is 2.42. The van der Waals surface area contributed by atoms with Gasteiger partial charge in [-0.25, -0.2) is 35.1 Å². The number of alkyl halides is 5. The van der Waals surface area contributed by atoms with E-state index in [0.29, 0.717) is 5.56 Å². The zero-order valence-electron chi connectivity index (χ0n) is 24.9. The Morgan fingerprint density at radius 1 is 0.979 bits per heavy atom. The number of aromatic nitrogens is 1. The number of carbonyl (C=O) groups excluding carboxylic acids is 1. The molecule has 1 aliphatic heterocycles. The quantitative estimate of drug-likeness (QED) is 0.234. The molecule has 0 aliphatic carbocycles. The summed E-state index contributed by atoms with van der Waals surface area (Å²) in [4.78, 5) is 27.5. The third kappa shape index (κ3) is 8.82. The predicted molar refractivity (Wildman–Crippen MR) is 158 cm³/mol. The first-order chi connectivity index (χ1) is 22.3. The van der Waals surface area contributed by atoms with Gasteiger partial charge in [0.05, 0.1) is 10.5 Å². The highest BCUT2D eigenvalue weighted by atomic mass is 32.2. The maximum absolute atomic E-state index is 14.0. The number of hydrogen-bond donors (Lipinski definition) is 3. The van der Waals surface area contributed by atoms with Crippen LogP contribution < -0.4 is 14.8 Å². The zero-order valence-corrected chi connectivity index (χ0v) is 26.6. The first kappa shape index (κ1) is 36.6. The molecule has 2 atom stereocenters. The second-order valence-electron chi connectivity index (χ2n) is 10.7. The van der Waals surface area contributed by atoms with Gasteiger partial charge < -0.3 is 15.2 Å². The van der Waals surface area contributed by atoms with Crippen LogP contribution in [0.1, 0.15) is 47.7 Å². The molecule has 3 N–H and O–H groups in total. The van der Waals surface area contributed by atoms with E-state index in [1.54, 1.807) is 0 Å². The Kier molecular flexibility index (Phi) is 10.8. The SMILES string of the molecule is CCC(F)(F)c1ccc(CNC(=O)[C@H]2C[C@H](NS(=O)(=O)c3cncc(C(=O)O)c3)CCN2S(=O)(=O)c2ccc(OC(F)(F)F)cc2)cc1. The van der Waals surface area contributed by atoms with Crippen LogP contribution in [-0.2, 0) is 37.3 Å². The van der Waals surface area contributed by atoms with Crippen molar-refractivity contribution in [3.05, 3.63) is 83.7 Å². The molecular formula is C29H29F5N4O8S2. The summed E-state index contributed by atoms with van der Waals surface area (Å²) in [6.07, 6.45) is -4.17. The normalized spacial score (nSPS) is 17.9. The average Bonchev–Trinajstić information content (AvgIpc) is 3.03. The van der Waals surface area contributed by atoms with E-state index in [4.69, 9.17) is 0 Å². The fourth-order valence-corrected chi connectivity index (χ4v) is 7.76. The van der Waals surface area contributed by atoms with Crippen LogP contribution in [0.5, 0.6) is 5.75 Å². The van der Waals surface area contributed by atoms with E-state index in [1.807, 2.05) is 0 Å². The van der Waals surface area contributed by atoms with Crippen LogP contribution in [0.25, 0.3) is 0 Å². The van der Waals surface area contributed by atoms with Crippen molar-refractivity contribution in [1.29, 1.82) is 0 Å². The first-order valence-corrected chi connectivity index (χ1v) is 17.1. The Hall–Kier alpha value is -4.20. The minimum Gasteiger partial charge on any atom is -0.478 e. The van der Waals surface area contributed by atoms with Crippen LogP contribution in [-0.4, -0.2) is 68.1 Å². The second-order valence-corrected chi connectivity index (χ2v) is 14.3. The number of benzene rings is 2. The number of piperidine rings is 1. The highest BCUT2D eigenvalue weighted by Crippen LogP contribution is 2.32. The Bertz CT molecular complexity index is 1860. The molecule has 3 aromatic rings. The Labute approximate surface area is 272 Å². The molecule has 1 saturated heterocycles. The molecule has 19 heteroatoms. The molecule has 12 nitrogen and oxygen atoms in total. The summed E-state index contributed by atoms with van der Waals surface area (Å²) in [6, 6.07) is 6.65. The second kappa shape index (κ2) is 14.1. The van der Waals surface area contributed by atoms with Gasteiger partial charge in [0.15, 0.2) is 0 Å². The third-order valence-electron chi connectivity index (χ3n) is 7.40. The molecule has 1 amide bonds. The van der Waals surface area contributed by atoms with Crippen molar-refractivity contribution in [2.24, 2.45) is 0 Å². The monoisotopic (exact) mass is 720 g/mol. The molecule has 1 aliphatic rings. The Balaban J connectivity index is 1.59. The lowest BCUT2D eigenvalue weighted by molar-refractivity contribution is -0.274. The standard InChI is InChI=1S/C29H29F5N4O8S2/c1-2-28(30,31)20-5-3-18(4-6-20)15-36-26(39)25-14-21(37-47(42,43)24-13-19(27(40)41)16-35-17-24)11-12-38(25)48(44,45)23-9-7-22(8-10-23)46-29(32,33)34/h3-10,13,16-17,21,25,37H,2,11-12,14-15H2,1H3,(H,36,39)(H,40,41)/t21-,25-/m1/s1. The van der Waals surface area contributed by atoms with Crippen LogP contribution in [0, 0.1) is 0 Å². The lowest BCUT2D eigenvalue weighted by Gasteiger charge is -2.37. The molecule has 1 aromatic heterocycles. The van der Waals surface area contributed by atoms with Gasteiger partial charge in [-0.3, -0.25) is 9.78 Å². The minimum absolute atomic E-state index is 0.156. The number of nitrogens with one attached hydrogen (secondary N) is 2. The summed E-state index contributed by atoms with van der Waals surface area (Å²) in [5.74, 6) is -6.06. The summed E-state index contributed by atoms with van der Waals surface area (Å²) >= 11 is 0. The van der Waals surface area contributed by atoms with Gasteiger partial charge >= 0.3 is 12.3 Å². The van der Waals surface area contributed by atoms with Crippen LogP contribution >= 0.6 is 0 Å². The van der Waals surface area contributed by atoms with Crippen LogP contribution in [0.15, 0.2) is 76.8 Å². The molecule has 4 rings (SSSR count). The number of amides is 1. The maximum atomic E-state index is 14.0. The number of nitrogens with zero attached hydrogens (tertiary/aromatic N) is 2. The Morgan fingerprint density at radius 3 is 2.21 bits per heavy atom. The van der Waals surface area contributed by atoms with E-state index in [-0.39, 0.29) is 18.5 Å². The number of carboxylic acid groups (broad SMARTS) is 1. The summed E-state index contributed by atoms with van der Waals surface area (Å²) in [6.45, 7) is 0.692. The molecular weight excluding hydrogens is 691 g/mol. The predicted octanol–water partition coefficient (Wildman–Crippen LogP) is 4.00. The smallest absolute Gasteiger partial charge is 0.478 e. The number of carbonyl (C=O) groups is 2. The molecule has 0 bridgehead atoms. The molecule has 48 heavy (non-hydrogen) atoms. The summed E-state index contributed by atoms with van der Waals surface area (Å²) in [5, 5.41) is 11.7. The highest BCUT2D eigenvalue weighted by molar-refractivity contribution is 7.89. The van der Waals surface area contributed by atoms with Crippen molar-refractivity contribution in [1.82, 2.24) is 19.3 Å². The summed E-state index contributed by atoms with van der Waals surface area (Å²) < 4.78 is 126. The van der Waals surface area contributed by atoms with Crippen molar-refractivity contribution in [3.63, 3.8) is 0 Å². The van der Waals surface area contributed by atoms with Gasteiger partial charge in [0.25, 0.3) is 5.92 Å². The van der Waals surface area contributed by atoms with Gasteiger partial charge in [0.1, 0.15) is 16.7 Å². The largest absolute Gasteiger partial charge is 0.573 e. The number of halogens is 5. The molecule has 0 spiro atoms. The fourth-order valence-electron chi connectivity index (χ4n) is 4.87. The lowest BCUT2D eigenvalue weighted by atomic mass is 9.99.